The molecule has 0 aliphatic rings. The van der Waals surface area contributed by atoms with Crippen LogP contribution in [0.1, 0.15) is 25.8 Å². The molecule has 0 bridgehead atoms. The van der Waals surface area contributed by atoms with Crippen LogP contribution in [-0.2, 0) is 12.6 Å². The molecule has 112 valence electrons. The number of thiazole rings is 1. The first kappa shape index (κ1) is 15.5. The first-order valence-electron chi connectivity index (χ1n) is 6.23. The molecule has 1 amide bonds. The molecule has 3 nitrogen and oxygen atoms in total. The Morgan fingerprint density at radius 1 is 1.29 bits per heavy atom. The minimum atomic E-state index is -4.39. The third kappa shape index (κ3) is 4.29. The topological polar surface area (TPSA) is 42.0 Å². The van der Waals surface area contributed by atoms with Crippen molar-refractivity contribution in [2.24, 2.45) is 0 Å². The highest BCUT2D eigenvalue weighted by molar-refractivity contribution is 7.11. The molecular weight excluding hydrogens is 301 g/mol. The van der Waals surface area contributed by atoms with E-state index in [0.717, 1.165) is 22.0 Å². The van der Waals surface area contributed by atoms with Crippen LogP contribution in [0.3, 0.4) is 0 Å². The van der Waals surface area contributed by atoms with Gasteiger partial charge in [-0.05, 0) is 31.2 Å². The van der Waals surface area contributed by atoms with E-state index in [-0.39, 0.29) is 11.5 Å². The van der Waals surface area contributed by atoms with Crippen LogP contribution in [0.5, 0.6) is 0 Å². The Kier molecular flexibility index (Phi) is 4.62. The normalized spacial score (nSPS) is 11.4. The van der Waals surface area contributed by atoms with Crippen LogP contribution >= 0.6 is 11.3 Å². The lowest BCUT2D eigenvalue weighted by Gasteiger charge is -2.08. The Labute approximate surface area is 123 Å². The highest BCUT2D eigenvalue weighted by atomic mass is 32.1. The van der Waals surface area contributed by atoms with Crippen LogP contribution in [0.4, 0.5) is 13.2 Å². The predicted molar refractivity (Wildman–Crippen MR) is 74.3 cm³/mol. The van der Waals surface area contributed by atoms with E-state index in [0.29, 0.717) is 13.0 Å². The lowest BCUT2D eigenvalue weighted by atomic mass is 10.1. The van der Waals surface area contributed by atoms with E-state index in [1.807, 2.05) is 6.92 Å². The van der Waals surface area contributed by atoms with E-state index in [1.54, 1.807) is 17.5 Å². The smallest absolute Gasteiger partial charge is 0.352 e. The summed E-state index contributed by atoms with van der Waals surface area (Å²) >= 11 is 1.55. The maximum Gasteiger partial charge on any atom is 0.416 e. The second-order valence-electron chi connectivity index (χ2n) is 4.43. The largest absolute Gasteiger partial charge is 0.416 e. The molecule has 0 atom stereocenters. The number of aryl methyl sites for hydroxylation is 1. The zero-order valence-corrected chi connectivity index (χ0v) is 12.0. The second-order valence-corrected chi connectivity index (χ2v) is 5.75. The lowest BCUT2D eigenvalue weighted by Crippen LogP contribution is -2.25. The fourth-order valence-electron chi connectivity index (χ4n) is 1.73. The van der Waals surface area contributed by atoms with E-state index in [1.165, 1.54) is 12.1 Å². The molecule has 7 heteroatoms. The van der Waals surface area contributed by atoms with Crippen molar-refractivity contribution in [1.29, 1.82) is 0 Å². The monoisotopic (exact) mass is 314 g/mol. The Balaban J connectivity index is 1.88. The average molecular weight is 314 g/mol. The molecule has 0 aliphatic heterocycles. The van der Waals surface area contributed by atoms with E-state index in [2.05, 4.69) is 10.3 Å². The number of carbonyl (C=O) groups excluding carboxylic acids is 1. The summed E-state index contributed by atoms with van der Waals surface area (Å²) in [5.41, 5.74) is -0.553. The summed E-state index contributed by atoms with van der Waals surface area (Å²) in [5.74, 6) is -0.384. The molecule has 0 fully saturated rings. The number of rotatable bonds is 4. The van der Waals surface area contributed by atoms with Crippen LogP contribution in [0, 0.1) is 6.92 Å². The molecule has 1 heterocycles. The quantitative estimate of drug-likeness (QED) is 0.939. The first-order valence-corrected chi connectivity index (χ1v) is 7.04. The van der Waals surface area contributed by atoms with Crippen LogP contribution in [0.2, 0.25) is 0 Å². The maximum absolute atomic E-state index is 12.4. The van der Waals surface area contributed by atoms with Crippen molar-refractivity contribution in [3.63, 3.8) is 0 Å². The molecular formula is C14H13F3N2OS. The van der Waals surface area contributed by atoms with Gasteiger partial charge in [0.1, 0.15) is 0 Å². The van der Waals surface area contributed by atoms with Crippen molar-refractivity contribution < 1.29 is 18.0 Å². The third-order valence-corrected chi connectivity index (χ3v) is 3.77. The van der Waals surface area contributed by atoms with E-state index >= 15 is 0 Å². The Morgan fingerprint density at radius 3 is 2.48 bits per heavy atom. The maximum atomic E-state index is 12.4. The number of carbonyl (C=O) groups is 1. The van der Waals surface area contributed by atoms with Gasteiger partial charge < -0.3 is 5.32 Å². The number of alkyl halides is 3. The summed E-state index contributed by atoms with van der Waals surface area (Å²) in [6.45, 7) is 2.32. The van der Waals surface area contributed by atoms with Crippen molar-refractivity contribution >= 4 is 17.2 Å². The summed E-state index contributed by atoms with van der Waals surface area (Å²) in [4.78, 5) is 17.0. The molecule has 2 rings (SSSR count). The van der Waals surface area contributed by atoms with E-state index < -0.39 is 11.7 Å². The van der Waals surface area contributed by atoms with Gasteiger partial charge >= 0.3 is 6.18 Å². The van der Waals surface area contributed by atoms with Gasteiger partial charge in [0, 0.05) is 29.6 Å². The molecule has 0 radical (unpaired) electrons. The van der Waals surface area contributed by atoms with E-state index in [4.69, 9.17) is 0 Å². The third-order valence-electron chi connectivity index (χ3n) is 2.80. The molecule has 21 heavy (non-hydrogen) atoms. The highest BCUT2D eigenvalue weighted by Gasteiger charge is 2.30. The fraction of sp³-hybridized carbons (Fsp3) is 0.286. The molecule has 1 aromatic heterocycles. The summed E-state index contributed by atoms with van der Waals surface area (Å²) in [7, 11) is 0. The number of amides is 1. The van der Waals surface area contributed by atoms with Crippen LogP contribution in [-0.4, -0.2) is 17.4 Å². The van der Waals surface area contributed by atoms with Crippen molar-refractivity contribution in [2.75, 3.05) is 6.54 Å². The minimum absolute atomic E-state index is 0.212. The Bertz CT molecular complexity index is 620. The number of halogens is 3. The van der Waals surface area contributed by atoms with Crippen molar-refractivity contribution in [3.8, 4) is 0 Å². The standard InChI is InChI=1S/C14H13F3N2OS/c1-9-19-8-12(21-9)6-7-18-13(20)10-2-4-11(5-3-10)14(15,16)17/h2-5,8H,6-7H2,1H3,(H,18,20). The summed E-state index contributed by atoms with van der Waals surface area (Å²) < 4.78 is 37.2. The van der Waals surface area contributed by atoms with Gasteiger partial charge in [-0.3, -0.25) is 4.79 Å². The predicted octanol–water partition coefficient (Wildman–Crippen LogP) is 3.44. The van der Waals surface area contributed by atoms with Gasteiger partial charge in [-0.15, -0.1) is 11.3 Å². The fourth-order valence-corrected chi connectivity index (χ4v) is 2.53. The van der Waals surface area contributed by atoms with Gasteiger partial charge in [0.25, 0.3) is 5.91 Å². The molecule has 1 aromatic carbocycles. The van der Waals surface area contributed by atoms with Crippen LogP contribution in [0.15, 0.2) is 30.5 Å². The second kappa shape index (κ2) is 6.26. The Hall–Kier alpha value is -1.89. The number of nitrogens with zero attached hydrogens (tertiary/aromatic N) is 1. The first-order chi connectivity index (χ1) is 9.86. The van der Waals surface area contributed by atoms with E-state index in [9.17, 15) is 18.0 Å². The highest BCUT2D eigenvalue weighted by Crippen LogP contribution is 2.29. The van der Waals surface area contributed by atoms with Gasteiger partial charge in [-0.1, -0.05) is 0 Å². The SMILES string of the molecule is Cc1ncc(CCNC(=O)c2ccc(C(F)(F)F)cc2)s1. The zero-order chi connectivity index (χ0) is 15.5. The number of benzene rings is 1. The van der Waals surface area contributed by atoms with Crippen molar-refractivity contribution in [3.05, 3.63) is 51.5 Å². The van der Waals surface area contributed by atoms with Crippen molar-refractivity contribution in [2.45, 2.75) is 19.5 Å². The summed E-state index contributed by atoms with van der Waals surface area (Å²) in [5, 5.41) is 3.63. The molecule has 0 spiro atoms. The van der Waals surface area contributed by atoms with Gasteiger partial charge in [-0.25, -0.2) is 4.98 Å². The average Bonchev–Trinajstić information content (AvgIpc) is 2.83. The molecule has 0 aliphatic carbocycles. The van der Waals surface area contributed by atoms with Crippen LogP contribution in [0.25, 0.3) is 0 Å². The summed E-state index contributed by atoms with van der Waals surface area (Å²) in [6, 6.07) is 4.16. The Morgan fingerprint density at radius 2 is 1.95 bits per heavy atom. The lowest BCUT2D eigenvalue weighted by molar-refractivity contribution is -0.137. The number of hydrogen-bond donors (Lipinski definition) is 1. The minimum Gasteiger partial charge on any atom is -0.352 e. The van der Waals surface area contributed by atoms with Gasteiger partial charge in [0.2, 0.25) is 0 Å². The molecule has 0 unspecified atom stereocenters. The molecule has 0 saturated carbocycles. The van der Waals surface area contributed by atoms with Crippen LogP contribution < -0.4 is 5.32 Å². The molecule has 2 aromatic rings. The van der Waals surface area contributed by atoms with Crippen molar-refractivity contribution in [1.82, 2.24) is 10.3 Å². The number of aromatic nitrogens is 1. The van der Waals surface area contributed by atoms with Gasteiger partial charge in [-0.2, -0.15) is 13.2 Å². The number of nitrogens with one attached hydrogen (secondary N) is 1. The summed E-state index contributed by atoms with van der Waals surface area (Å²) in [6.07, 6.45) is -1.98. The molecule has 1 N–H and O–H groups in total. The van der Waals surface area contributed by atoms with Gasteiger partial charge in [0.05, 0.1) is 10.6 Å². The molecule has 0 saturated heterocycles. The van der Waals surface area contributed by atoms with Gasteiger partial charge in [0.15, 0.2) is 0 Å². The zero-order valence-electron chi connectivity index (χ0n) is 11.2. The number of hydrogen-bond acceptors (Lipinski definition) is 3.